The number of carbonyl (C=O) groups excluding carboxylic acids is 1. The van der Waals surface area contributed by atoms with Gasteiger partial charge in [0.05, 0.1) is 6.54 Å². The molecule has 0 saturated carbocycles. The van der Waals surface area contributed by atoms with Gasteiger partial charge in [0.15, 0.2) is 0 Å². The minimum Gasteiger partial charge on any atom is -0.314 e. The van der Waals surface area contributed by atoms with Gasteiger partial charge in [-0.1, -0.05) is 0 Å². The number of piperazine rings is 1. The van der Waals surface area contributed by atoms with Gasteiger partial charge in [-0.15, -0.1) is 0 Å². The maximum absolute atomic E-state index is 11.9. The van der Waals surface area contributed by atoms with E-state index in [0.29, 0.717) is 12.5 Å². The van der Waals surface area contributed by atoms with Gasteiger partial charge in [0.2, 0.25) is 11.9 Å². The molecule has 2 heterocycles. The lowest BCUT2D eigenvalue weighted by molar-refractivity contribution is -0.117. The second-order valence-electron chi connectivity index (χ2n) is 4.55. The van der Waals surface area contributed by atoms with Crippen molar-refractivity contribution in [3.05, 3.63) is 17.5 Å². The molecule has 98 valence electrons. The number of nitrogens with one attached hydrogen (secondary N) is 2. The van der Waals surface area contributed by atoms with Crippen molar-refractivity contribution in [1.29, 1.82) is 0 Å². The quantitative estimate of drug-likeness (QED) is 0.785. The van der Waals surface area contributed by atoms with E-state index in [-0.39, 0.29) is 5.91 Å². The average Bonchev–Trinajstić information content (AvgIpc) is 2.28. The highest BCUT2D eigenvalue weighted by Crippen LogP contribution is 2.03. The van der Waals surface area contributed by atoms with E-state index in [1.165, 1.54) is 0 Å². The van der Waals surface area contributed by atoms with E-state index in [1.54, 1.807) is 0 Å². The molecule has 0 unspecified atom stereocenters. The molecule has 0 radical (unpaired) electrons. The second-order valence-corrected chi connectivity index (χ2v) is 4.55. The predicted octanol–water partition coefficient (Wildman–Crippen LogP) is -0.0629. The van der Waals surface area contributed by atoms with E-state index in [0.717, 1.165) is 37.6 Å². The maximum atomic E-state index is 11.9. The highest BCUT2D eigenvalue weighted by atomic mass is 16.2. The van der Waals surface area contributed by atoms with Crippen molar-refractivity contribution in [3.8, 4) is 0 Å². The Bertz CT molecular complexity index is 408. The molecule has 0 atom stereocenters. The predicted molar refractivity (Wildman–Crippen MR) is 69.4 cm³/mol. The molecule has 2 rings (SSSR count). The molecule has 1 aliphatic heterocycles. The molecule has 18 heavy (non-hydrogen) atoms. The number of aryl methyl sites for hydroxylation is 2. The summed E-state index contributed by atoms with van der Waals surface area (Å²) in [6.45, 7) is 7.86. The number of rotatable bonds is 3. The minimum absolute atomic E-state index is 0.0538. The van der Waals surface area contributed by atoms with E-state index in [2.05, 4.69) is 25.5 Å². The van der Waals surface area contributed by atoms with E-state index in [9.17, 15) is 4.79 Å². The van der Waals surface area contributed by atoms with Crippen molar-refractivity contribution in [2.45, 2.75) is 13.8 Å². The third-order valence-electron chi connectivity index (χ3n) is 2.81. The summed E-state index contributed by atoms with van der Waals surface area (Å²) in [6.07, 6.45) is 0. The molecular weight excluding hydrogens is 230 g/mol. The van der Waals surface area contributed by atoms with Crippen molar-refractivity contribution >= 4 is 11.9 Å². The lowest BCUT2D eigenvalue weighted by Crippen LogP contribution is -2.46. The second kappa shape index (κ2) is 5.88. The Hall–Kier alpha value is -1.53. The van der Waals surface area contributed by atoms with Crippen LogP contribution in [0.2, 0.25) is 0 Å². The number of anilines is 1. The van der Waals surface area contributed by atoms with E-state index < -0.39 is 0 Å². The third-order valence-corrected chi connectivity index (χ3v) is 2.81. The summed E-state index contributed by atoms with van der Waals surface area (Å²) >= 11 is 0. The Morgan fingerprint density at radius 3 is 2.56 bits per heavy atom. The molecule has 1 saturated heterocycles. The third kappa shape index (κ3) is 3.75. The number of nitrogens with zero attached hydrogens (tertiary/aromatic N) is 3. The molecule has 1 aliphatic rings. The normalized spacial score (nSPS) is 16.6. The number of amides is 1. The van der Waals surface area contributed by atoms with Gasteiger partial charge in [0.25, 0.3) is 0 Å². The highest BCUT2D eigenvalue weighted by molar-refractivity contribution is 5.90. The van der Waals surface area contributed by atoms with E-state index in [4.69, 9.17) is 0 Å². The molecule has 6 nitrogen and oxygen atoms in total. The van der Waals surface area contributed by atoms with Crippen LogP contribution in [0.1, 0.15) is 11.4 Å². The van der Waals surface area contributed by atoms with Crippen LogP contribution in [0.4, 0.5) is 5.95 Å². The Kier molecular flexibility index (Phi) is 4.22. The van der Waals surface area contributed by atoms with Gasteiger partial charge in [-0.3, -0.25) is 15.0 Å². The molecule has 1 aromatic rings. The summed E-state index contributed by atoms with van der Waals surface area (Å²) in [6, 6.07) is 1.88. The molecule has 0 aromatic carbocycles. The van der Waals surface area contributed by atoms with Crippen LogP contribution in [0.25, 0.3) is 0 Å². The minimum atomic E-state index is -0.0538. The Morgan fingerprint density at radius 2 is 1.94 bits per heavy atom. The molecule has 1 fully saturated rings. The van der Waals surface area contributed by atoms with Gasteiger partial charge in [0, 0.05) is 37.6 Å². The summed E-state index contributed by atoms with van der Waals surface area (Å²) in [5.41, 5.74) is 1.72. The Balaban J connectivity index is 1.89. The fraction of sp³-hybridized carbons (Fsp3) is 0.583. The average molecular weight is 249 g/mol. The fourth-order valence-electron chi connectivity index (χ4n) is 2.02. The topological polar surface area (TPSA) is 70.2 Å². The van der Waals surface area contributed by atoms with Gasteiger partial charge >= 0.3 is 0 Å². The van der Waals surface area contributed by atoms with Crippen LogP contribution in [-0.2, 0) is 4.79 Å². The molecule has 0 bridgehead atoms. The van der Waals surface area contributed by atoms with Crippen LogP contribution in [-0.4, -0.2) is 53.5 Å². The highest BCUT2D eigenvalue weighted by Gasteiger charge is 2.14. The molecule has 1 amide bonds. The van der Waals surface area contributed by atoms with Crippen LogP contribution in [0, 0.1) is 13.8 Å². The summed E-state index contributed by atoms with van der Waals surface area (Å²) in [7, 11) is 0. The maximum Gasteiger partial charge on any atom is 0.240 e. The van der Waals surface area contributed by atoms with E-state index >= 15 is 0 Å². The lowest BCUT2D eigenvalue weighted by Gasteiger charge is -2.26. The Labute approximate surface area is 107 Å². The van der Waals surface area contributed by atoms with Crippen molar-refractivity contribution in [2.24, 2.45) is 0 Å². The molecule has 0 aliphatic carbocycles. The van der Waals surface area contributed by atoms with Gasteiger partial charge in [-0.25, -0.2) is 9.97 Å². The lowest BCUT2D eigenvalue weighted by atomic mass is 10.3. The van der Waals surface area contributed by atoms with Crippen molar-refractivity contribution in [3.63, 3.8) is 0 Å². The Morgan fingerprint density at radius 1 is 1.33 bits per heavy atom. The standard InChI is InChI=1S/C12H19N5O/c1-9-7-10(2)15-12(14-9)16-11(18)8-17-5-3-13-4-6-17/h7,13H,3-6,8H2,1-2H3,(H,14,15,16,18). The van der Waals surface area contributed by atoms with Crippen LogP contribution in [0.3, 0.4) is 0 Å². The largest absolute Gasteiger partial charge is 0.314 e. The monoisotopic (exact) mass is 249 g/mol. The zero-order valence-corrected chi connectivity index (χ0v) is 10.9. The number of aromatic nitrogens is 2. The van der Waals surface area contributed by atoms with Crippen LogP contribution in [0.5, 0.6) is 0 Å². The molecular formula is C12H19N5O. The fourth-order valence-corrected chi connectivity index (χ4v) is 2.02. The van der Waals surface area contributed by atoms with Crippen LogP contribution >= 0.6 is 0 Å². The number of hydrogen-bond donors (Lipinski definition) is 2. The first-order chi connectivity index (χ1) is 8.63. The van der Waals surface area contributed by atoms with E-state index in [1.807, 2.05) is 19.9 Å². The first kappa shape index (κ1) is 12.9. The molecule has 1 aromatic heterocycles. The smallest absolute Gasteiger partial charge is 0.240 e. The summed E-state index contributed by atoms with van der Waals surface area (Å²) in [4.78, 5) is 22.4. The molecule has 0 spiro atoms. The molecule has 2 N–H and O–H groups in total. The van der Waals surface area contributed by atoms with Gasteiger partial charge in [-0.05, 0) is 19.9 Å². The summed E-state index contributed by atoms with van der Waals surface area (Å²) in [5.74, 6) is 0.342. The summed E-state index contributed by atoms with van der Waals surface area (Å²) in [5, 5.41) is 6.00. The SMILES string of the molecule is Cc1cc(C)nc(NC(=O)CN2CCNCC2)n1. The van der Waals surface area contributed by atoms with Gasteiger partial charge in [0.1, 0.15) is 0 Å². The zero-order valence-electron chi connectivity index (χ0n) is 10.9. The van der Waals surface area contributed by atoms with Gasteiger partial charge in [-0.2, -0.15) is 0 Å². The van der Waals surface area contributed by atoms with Crippen molar-refractivity contribution in [2.75, 3.05) is 38.0 Å². The van der Waals surface area contributed by atoms with Crippen LogP contribution in [0.15, 0.2) is 6.07 Å². The first-order valence-corrected chi connectivity index (χ1v) is 6.19. The zero-order chi connectivity index (χ0) is 13.0. The molecule has 6 heteroatoms. The van der Waals surface area contributed by atoms with Crippen molar-refractivity contribution < 1.29 is 4.79 Å². The summed E-state index contributed by atoms with van der Waals surface area (Å²) < 4.78 is 0. The number of carbonyl (C=O) groups is 1. The first-order valence-electron chi connectivity index (χ1n) is 6.19. The van der Waals surface area contributed by atoms with Gasteiger partial charge < -0.3 is 5.32 Å². The number of hydrogen-bond acceptors (Lipinski definition) is 5. The van der Waals surface area contributed by atoms with Crippen LogP contribution < -0.4 is 10.6 Å². The van der Waals surface area contributed by atoms with Crippen molar-refractivity contribution in [1.82, 2.24) is 20.2 Å².